The minimum Gasteiger partial charge on any atom is -0.481 e. The van der Waals surface area contributed by atoms with Crippen molar-refractivity contribution in [3.05, 3.63) is 64.8 Å². The van der Waals surface area contributed by atoms with Crippen LogP contribution in [0.2, 0.25) is 0 Å². The van der Waals surface area contributed by atoms with Crippen LogP contribution in [0.4, 0.5) is 4.39 Å². The van der Waals surface area contributed by atoms with Gasteiger partial charge in [-0.25, -0.2) is 4.39 Å². The van der Waals surface area contributed by atoms with Gasteiger partial charge in [0.1, 0.15) is 11.9 Å². The Bertz CT molecular complexity index is 643. The van der Waals surface area contributed by atoms with Gasteiger partial charge in [-0.05, 0) is 23.6 Å². The molecule has 0 radical (unpaired) electrons. The number of rotatable bonds is 6. The number of carboxylic acids is 1. The maximum absolute atomic E-state index is 14.2. The summed E-state index contributed by atoms with van der Waals surface area (Å²) in [5, 5.41) is 11.5. The first-order chi connectivity index (χ1) is 10.1. The molecule has 1 atom stereocenters. The molecule has 0 fully saturated rings. The van der Waals surface area contributed by atoms with Crippen molar-refractivity contribution in [1.82, 2.24) is 0 Å². The number of nitroso groups, excluding NO2 is 1. The van der Waals surface area contributed by atoms with Crippen molar-refractivity contribution in [2.45, 2.75) is 18.9 Å². The van der Waals surface area contributed by atoms with Gasteiger partial charge in [0.2, 0.25) is 0 Å². The average Bonchev–Trinajstić information content (AvgIpc) is 2.48. The highest BCUT2D eigenvalue weighted by atomic mass is 19.1. The number of hydrogen-bond acceptors (Lipinski definition) is 3. The van der Waals surface area contributed by atoms with Gasteiger partial charge in [0.05, 0.1) is 0 Å². The summed E-state index contributed by atoms with van der Waals surface area (Å²) in [6.07, 6.45) is -0.124. The molecule has 2 aromatic rings. The van der Waals surface area contributed by atoms with Crippen LogP contribution in [0.3, 0.4) is 0 Å². The van der Waals surface area contributed by atoms with Gasteiger partial charge in [0, 0.05) is 12.0 Å². The van der Waals surface area contributed by atoms with Crippen molar-refractivity contribution in [2.75, 3.05) is 0 Å². The molecule has 108 valence electrons. The molecule has 0 bridgehead atoms. The molecule has 0 saturated heterocycles. The van der Waals surface area contributed by atoms with Crippen LogP contribution in [0.1, 0.15) is 24.4 Å². The first-order valence-electron chi connectivity index (χ1n) is 6.51. The molecule has 5 heteroatoms. The van der Waals surface area contributed by atoms with Gasteiger partial charge < -0.3 is 5.11 Å². The van der Waals surface area contributed by atoms with E-state index in [2.05, 4.69) is 5.18 Å². The van der Waals surface area contributed by atoms with Crippen molar-refractivity contribution < 1.29 is 14.3 Å². The quantitative estimate of drug-likeness (QED) is 0.811. The highest BCUT2D eigenvalue weighted by Crippen LogP contribution is 2.28. The molecule has 0 heterocycles. The van der Waals surface area contributed by atoms with Crippen LogP contribution in [0.25, 0.3) is 11.1 Å². The molecule has 4 nitrogen and oxygen atoms in total. The summed E-state index contributed by atoms with van der Waals surface area (Å²) in [5.74, 6) is -1.47. The van der Waals surface area contributed by atoms with Gasteiger partial charge in [-0.15, -0.1) is 0 Å². The van der Waals surface area contributed by atoms with E-state index in [1.165, 1.54) is 6.07 Å². The summed E-state index contributed by atoms with van der Waals surface area (Å²) < 4.78 is 14.2. The number of aliphatic carboxylic acids is 1. The molecule has 2 aromatic carbocycles. The van der Waals surface area contributed by atoms with E-state index in [1.807, 2.05) is 18.2 Å². The molecular weight excluding hydrogens is 273 g/mol. The molecule has 2 rings (SSSR count). The predicted molar refractivity (Wildman–Crippen MR) is 77.2 cm³/mol. The number of benzene rings is 2. The lowest BCUT2D eigenvalue weighted by Gasteiger charge is -2.10. The van der Waals surface area contributed by atoms with Crippen LogP contribution in [0, 0.1) is 10.7 Å². The second-order valence-electron chi connectivity index (χ2n) is 4.66. The number of halogens is 1. The molecule has 0 aliphatic heterocycles. The van der Waals surface area contributed by atoms with Crippen molar-refractivity contribution >= 4 is 5.97 Å². The topological polar surface area (TPSA) is 66.7 Å². The molecule has 21 heavy (non-hydrogen) atoms. The van der Waals surface area contributed by atoms with E-state index >= 15 is 0 Å². The van der Waals surface area contributed by atoms with E-state index in [9.17, 15) is 14.1 Å². The molecular formula is C16H14FNO3. The second kappa shape index (κ2) is 6.74. The third-order valence-electron chi connectivity index (χ3n) is 3.22. The van der Waals surface area contributed by atoms with Crippen LogP contribution in [0.5, 0.6) is 0 Å². The summed E-state index contributed by atoms with van der Waals surface area (Å²) in [4.78, 5) is 21.4. The van der Waals surface area contributed by atoms with Gasteiger partial charge in [0.15, 0.2) is 0 Å². The third kappa shape index (κ3) is 3.72. The standard InChI is InChI=1S/C16H14FNO3/c17-14-10-12(15(18-21)8-9-16(19)20)6-7-13(14)11-4-2-1-3-5-11/h1-7,10,15H,8-9H2,(H,19,20). The molecule has 0 amide bonds. The molecule has 0 spiro atoms. The zero-order valence-corrected chi connectivity index (χ0v) is 11.2. The van der Waals surface area contributed by atoms with Crippen molar-refractivity contribution in [2.24, 2.45) is 5.18 Å². The fourth-order valence-corrected chi connectivity index (χ4v) is 2.13. The fourth-order valence-electron chi connectivity index (χ4n) is 2.13. The average molecular weight is 287 g/mol. The van der Waals surface area contributed by atoms with Crippen LogP contribution < -0.4 is 0 Å². The zero-order chi connectivity index (χ0) is 15.2. The highest BCUT2D eigenvalue weighted by Gasteiger charge is 2.16. The lowest BCUT2D eigenvalue weighted by atomic mass is 9.98. The molecule has 0 aliphatic carbocycles. The van der Waals surface area contributed by atoms with E-state index in [0.29, 0.717) is 11.1 Å². The van der Waals surface area contributed by atoms with Crippen LogP contribution in [-0.2, 0) is 4.79 Å². The maximum Gasteiger partial charge on any atom is 0.303 e. The molecule has 0 aromatic heterocycles. The Kier molecular flexibility index (Phi) is 4.77. The van der Waals surface area contributed by atoms with Crippen molar-refractivity contribution in [3.8, 4) is 11.1 Å². The number of carbonyl (C=O) groups is 1. The highest BCUT2D eigenvalue weighted by molar-refractivity contribution is 5.67. The minimum absolute atomic E-state index is 0.0585. The van der Waals surface area contributed by atoms with Crippen LogP contribution in [0.15, 0.2) is 53.7 Å². The first kappa shape index (κ1) is 14.8. The Labute approximate surface area is 121 Å². The summed E-state index contributed by atoms with van der Waals surface area (Å²) in [6.45, 7) is 0. The molecule has 0 aliphatic rings. The van der Waals surface area contributed by atoms with E-state index in [4.69, 9.17) is 5.11 Å². The lowest BCUT2D eigenvalue weighted by molar-refractivity contribution is -0.137. The Balaban J connectivity index is 2.25. The largest absolute Gasteiger partial charge is 0.481 e. The zero-order valence-electron chi connectivity index (χ0n) is 11.2. The van der Waals surface area contributed by atoms with E-state index in [-0.39, 0.29) is 12.8 Å². The van der Waals surface area contributed by atoms with Gasteiger partial charge in [-0.3, -0.25) is 4.79 Å². The number of nitrogens with zero attached hydrogens (tertiary/aromatic N) is 1. The van der Waals surface area contributed by atoms with Gasteiger partial charge in [0.25, 0.3) is 0 Å². The fraction of sp³-hybridized carbons (Fsp3) is 0.188. The Hall–Kier alpha value is -2.56. The van der Waals surface area contributed by atoms with Gasteiger partial charge >= 0.3 is 5.97 Å². The Morgan fingerprint density at radius 2 is 1.90 bits per heavy atom. The van der Waals surface area contributed by atoms with Gasteiger partial charge in [-0.1, -0.05) is 47.6 Å². The summed E-state index contributed by atoms with van der Waals surface area (Å²) in [6, 6.07) is 12.6. The molecule has 1 unspecified atom stereocenters. The summed E-state index contributed by atoms with van der Waals surface area (Å²) >= 11 is 0. The van der Waals surface area contributed by atoms with E-state index in [0.717, 1.165) is 5.56 Å². The Morgan fingerprint density at radius 1 is 1.19 bits per heavy atom. The maximum atomic E-state index is 14.2. The van der Waals surface area contributed by atoms with Crippen LogP contribution >= 0.6 is 0 Å². The molecule has 0 saturated carbocycles. The smallest absolute Gasteiger partial charge is 0.303 e. The van der Waals surface area contributed by atoms with Crippen molar-refractivity contribution in [1.29, 1.82) is 0 Å². The van der Waals surface area contributed by atoms with Crippen molar-refractivity contribution in [3.63, 3.8) is 0 Å². The SMILES string of the molecule is O=NC(CCC(=O)O)c1ccc(-c2ccccc2)c(F)c1. The van der Waals surface area contributed by atoms with Gasteiger partial charge in [-0.2, -0.15) is 4.91 Å². The normalized spacial score (nSPS) is 11.9. The van der Waals surface area contributed by atoms with E-state index < -0.39 is 17.8 Å². The van der Waals surface area contributed by atoms with Crippen LogP contribution in [-0.4, -0.2) is 11.1 Å². The number of hydrogen-bond donors (Lipinski definition) is 1. The Morgan fingerprint density at radius 3 is 2.48 bits per heavy atom. The van der Waals surface area contributed by atoms with E-state index in [1.54, 1.807) is 24.3 Å². The third-order valence-corrected chi connectivity index (χ3v) is 3.22. The predicted octanol–water partition coefficient (Wildman–Crippen LogP) is 4.17. The first-order valence-corrected chi connectivity index (χ1v) is 6.51. The molecule has 1 N–H and O–H groups in total. The summed E-state index contributed by atoms with van der Waals surface area (Å²) in [7, 11) is 0. The summed E-state index contributed by atoms with van der Waals surface area (Å²) in [5.41, 5.74) is 1.56. The monoisotopic (exact) mass is 287 g/mol. The number of carboxylic acid groups (broad SMARTS) is 1. The lowest BCUT2D eigenvalue weighted by Crippen LogP contribution is -2.01. The second-order valence-corrected chi connectivity index (χ2v) is 4.66. The minimum atomic E-state index is -1.01.